The third-order valence-electron chi connectivity index (χ3n) is 1.47. The van der Waals surface area contributed by atoms with Crippen molar-refractivity contribution in [3.05, 3.63) is 24.3 Å². The molecule has 0 aromatic carbocycles. The Bertz CT molecular complexity index is 220. The Labute approximate surface area is 114 Å². The minimum Gasteiger partial charge on any atom is -0.478 e. The van der Waals surface area contributed by atoms with Gasteiger partial charge < -0.3 is 10.2 Å². The molecular weight excluding hydrogens is 256 g/mol. The summed E-state index contributed by atoms with van der Waals surface area (Å²) in [4.78, 5) is 19.2. The molecule has 0 aromatic rings. The number of hydrogen-bond donors (Lipinski definition) is 2. The predicted octanol–water partition coefficient (Wildman–Crippen LogP) is 3.71. The van der Waals surface area contributed by atoms with E-state index in [1.807, 2.05) is 0 Å². The zero-order chi connectivity index (χ0) is 15.1. The predicted molar refractivity (Wildman–Crippen MR) is 75.1 cm³/mol. The molecule has 0 radical (unpaired) electrons. The number of rotatable bonds is 5. The number of alkyl halides is 1. The molecule has 0 heterocycles. The van der Waals surface area contributed by atoms with Crippen molar-refractivity contribution in [1.82, 2.24) is 0 Å². The maximum Gasteiger partial charge on any atom is 0.330 e. The third-order valence-corrected chi connectivity index (χ3v) is 1.73. The third kappa shape index (κ3) is 29.3. The van der Waals surface area contributed by atoms with Crippen molar-refractivity contribution in [3.8, 4) is 0 Å². The normalized spacial score (nSPS) is 8.00. The monoisotopic (exact) mass is 278 g/mol. The van der Waals surface area contributed by atoms with Crippen LogP contribution in [-0.2, 0) is 9.59 Å². The first-order valence-corrected chi connectivity index (χ1v) is 6.07. The van der Waals surface area contributed by atoms with Crippen molar-refractivity contribution in [3.63, 3.8) is 0 Å². The van der Waals surface area contributed by atoms with Gasteiger partial charge in [-0.25, -0.2) is 9.59 Å². The Morgan fingerprint density at radius 1 is 1.00 bits per heavy atom. The standard InChI is InChI=1S/C5H11Cl.2C4H6O2/c1-2-3-4-5-6;2*1-3(2)4(5)6/h2-5H2,1H3;2*1H2,2H3,(H,5,6). The van der Waals surface area contributed by atoms with Gasteiger partial charge in [-0.15, -0.1) is 11.6 Å². The molecule has 0 aliphatic heterocycles. The fraction of sp³-hybridized carbons (Fsp3) is 0.538. The fourth-order valence-corrected chi connectivity index (χ4v) is 0.533. The number of carboxylic acids is 2. The number of carboxylic acid groups (broad SMARTS) is 2. The molecule has 0 spiro atoms. The Kier molecular flexibility index (Phi) is 19.1. The lowest BCUT2D eigenvalue weighted by molar-refractivity contribution is -0.133. The van der Waals surface area contributed by atoms with Crippen molar-refractivity contribution in [1.29, 1.82) is 0 Å². The van der Waals surface area contributed by atoms with Crippen LogP contribution in [0.3, 0.4) is 0 Å². The van der Waals surface area contributed by atoms with Crippen LogP contribution in [0.15, 0.2) is 24.3 Å². The zero-order valence-corrected chi connectivity index (χ0v) is 12.1. The van der Waals surface area contributed by atoms with Crippen LogP contribution in [0.2, 0.25) is 0 Å². The molecule has 0 aromatic heterocycles. The van der Waals surface area contributed by atoms with E-state index in [2.05, 4.69) is 20.1 Å². The van der Waals surface area contributed by atoms with Crippen LogP contribution in [-0.4, -0.2) is 28.0 Å². The molecule has 5 heteroatoms. The fourth-order valence-electron chi connectivity index (χ4n) is 0.344. The van der Waals surface area contributed by atoms with Crippen molar-refractivity contribution in [2.75, 3.05) is 5.88 Å². The van der Waals surface area contributed by atoms with Gasteiger partial charge in [0.2, 0.25) is 0 Å². The Morgan fingerprint density at radius 2 is 1.28 bits per heavy atom. The summed E-state index contributed by atoms with van der Waals surface area (Å²) in [7, 11) is 0. The first-order valence-electron chi connectivity index (χ1n) is 5.54. The quantitative estimate of drug-likeness (QED) is 0.457. The lowest BCUT2D eigenvalue weighted by Crippen LogP contribution is -1.92. The van der Waals surface area contributed by atoms with Gasteiger partial charge in [0.1, 0.15) is 0 Å². The molecule has 0 aliphatic carbocycles. The van der Waals surface area contributed by atoms with Gasteiger partial charge in [-0.05, 0) is 20.3 Å². The van der Waals surface area contributed by atoms with Gasteiger partial charge in [-0.2, -0.15) is 0 Å². The summed E-state index contributed by atoms with van der Waals surface area (Å²) >= 11 is 5.38. The van der Waals surface area contributed by atoms with Crippen LogP contribution in [0.1, 0.15) is 40.0 Å². The summed E-state index contributed by atoms with van der Waals surface area (Å²) in [6.07, 6.45) is 3.73. The highest BCUT2D eigenvalue weighted by molar-refractivity contribution is 6.17. The van der Waals surface area contributed by atoms with E-state index in [1.54, 1.807) is 0 Å². The molecule has 0 saturated heterocycles. The first-order chi connectivity index (χ1) is 8.20. The molecule has 4 nitrogen and oxygen atoms in total. The molecule has 18 heavy (non-hydrogen) atoms. The summed E-state index contributed by atoms with van der Waals surface area (Å²) < 4.78 is 0. The van der Waals surface area contributed by atoms with E-state index in [4.69, 9.17) is 21.8 Å². The molecule has 0 rings (SSSR count). The van der Waals surface area contributed by atoms with Crippen LogP contribution in [0.4, 0.5) is 0 Å². The Hall–Kier alpha value is -1.29. The van der Waals surface area contributed by atoms with Crippen LogP contribution >= 0.6 is 11.6 Å². The van der Waals surface area contributed by atoms with E-state index in [0.717, 1.165) is 5.88 Å². The van der Waals surface area contributed by atoms with E-state index >= 15 is 0 Å². The molecule has 0 atom stereocenters. The minimum atomic E-state index is -0.935. The number of hydrogen-bond acceptors (Lipinski definition) is 2. The van der Waals surface area contributed by atoms with Gasteiger partial charge in [0.05, 0.1) is 0 Å². The number of carbonyl (C=O) groups is 2. The molecule has 0 saturated carbocycles. The second-order valence-electron chi connectivity index (χ2n) is 3.57. The molecule has 2 N–H and O–H groups in total. The second-order valence-corrected chi connectivity index (χ2v) is 3.95. The molecule has 0 bridgehead atoms. The summed E-state index contributed by atoms with van der Waals surface area (Å²) in [5.41, 5.74) is 0.352. The maximum atomic E-state index is 9.60. The summed E-state index contributed by atoms with van der Waals surface area (Å²) in [5.74, 6) is -1.04. The topological polar surface area (TPSA) is 74.6 Å². The highest BCUT2D eigenvalue weighted by Crippen LogP contribution is 1.93. The molecule has 0 fully saturated rings. The lowest BCUT2D eigenvalue weighted by atomic mass is 10.3. The maximum absolute atomic E-state index is 9.60. The smallest absolute Gasteiger partial charge is 0.330 e. The van der Waals surface area contributed by atoms with Gasteiger partial charge >= 0.3 is 11.9 Å². The Balaban J connectivity index is -0.000000187. The highest BCUT2D eigenvalue weighted by Gasteiger charge is 1.90. The van der Waals surface area contributed by atoms with E-state index < -0.39 is 11.9 Å². The van der Waals surface area contributed by atoms with Crippen LogP contribution in [0.5, 0.6) is 0 Å². The van der Waals surface area contributed by atoms with Gasteiger partial charge in [0.15, 0.2) is 0 Å². The molecule has 0 unspecified atom stereocenters. The average Bonchev–Trinajstić information content (AvgIpc) is 2.27. The van der Waals surface area contributed by atoms with E-state index in [1.165, 1.54) is 33.1 Å². The number of aliphatic carboxylic acids is 2. The summed E-state index contributed by atoms with van der Waals surface area (Å²) in [6, 6.07) is 0. The van der Waals surface area contributed by atoms with Gasteiger partial charge in [-0.3, -0.25) is 0 Å². The molecular formula is C13H23ClO4. The SMILES string of the molecule is C=C(C)C(=O)O.C=C(C)C(=O)O.CCCCCCl. The van der Waals surface area contributed by atoms with Crippen molar-refractivity contribution in [2.45, 2.75) is 40.0 Å². The van der Waals surface area contributed by atoms with Crippen molar-refractivity contribution >= 4 is 23.5 Å². The van der Waals surface area contributed by atoms with Gasteiger partial charge in [0.25, 0.3) is 0 Å². The van der Waals surface area contributed by atoms with Gasteiger partial charge in [-0.1, -0.05) is 32.9 Å². The minimum absolute atomic E-state index is 0.176. The molecule has 0 amide bonds. The molecule has 0 aliphatic rings. The number of halogens is 1. The largest absolute Gasteiger partial charge is 0.478 e. The lowest BCUT2D eigenvalue weighted by Gasteiger charge is -1.84. The van der Waals surface area contributed by atoms with E-state index in [9.17, 15) is 9.59 Å². The summed E-state index contributed by atoms with van der Waals surface area (Å²) in [5, 5.41) is 15.8. The van der Waals surface area contributed by atoms with Crippen molar-refractivity contribution < 1.29 is 19.8 Å². The number of unbranched alkanes of at least 4 members (excludes halogenated alkanes) is 2. The Morgan fingerprint density at radius 3 is 1.33 bits per heavy atom. The van der Waals surface area contributed by atoms with Gasteiger partial charge in [0, 0.05) is 17.0 Å². The highest BCUT2D eigenvalue weighted by atomic mass is 35.5. The first kappa shape index (κ1) is 21.9. The van der Waals surface area contributed by atoms with Crippen LogP contribution < -0.4 is 0 Å². The van der Waals surface area contributed by atoms with Crippen LogP contribution in [0.25, 0.3) is 0 Å². The van der Waals surface area contributed by atoms with Crippen LogP contribution in [0, 0.1) is 0 Å². The second kappa shape index (κ2) is 15.7. The van der Waals surface area contributed by atoms with E-state index in [0.29, 0.717) is 0 Å². The molecule has 106 valence electrons. The zero-order valence-electron chi connectivity index (χ0n) is 11.3. The van der Waals surface area contributed by atoms with Crippen molar-refractivity contribution in [2.24, 2.45) is 0 Å². The summed E-state index contributed by atoms with van der Waals surface area (Å²) in [6.45, 7) is 11.4. The average molecular weight is 279 g/mol. The van der Waals surface area contributed by atoms with E-state index in [-0.39, 0.29) is 11.1 Å².